The molecule has 0 aromatic heterocycles. The predicted octanol–water partition coefficient (Wildman–Crippen LogP) is 1.93. The molecule has 0 spiro atoms. The summed E-state index contributed by atoms with van der Waals surface area (Å²) in [6.45, 7) is 0. The molecule has 0 heterocycles. The smallest absolute Gasteiger partial charge is 0.329 e. The normalized spacial score (nSPS) is 10.4. The minimum Gasteiger partial charge on any atom is -0.497 e. The third-order valence-corrected chi connectivity index (χ3v) is 3.11. The summed E-state index contributed by atoms with van der Waals surface area (Å²) < 4.78 is 23.0. The molecule has 2 aromatic carbocycles. The number of nitrogens with one attached hydrogen (secondary N) is 2. The molecule has 0 fully saturated rings. The zero-order valence-corrected chi connectivity index (χ0v) is 13.6. The van der Waals surface area contributed by atoms with Crippen molar-refractivity contribution in [1.82, 2.24) is 5.43 Å². The van der Waals surface area contributed by atoms with E-state index in [1.54, 1.807) is 12.1 Å². The lowest BCUT2D eigenvalue weighted by atomic mass is 10.2. The van der Waals surface area contributed by atoms with E-state index in [4.69, 9.17) is 9.47 Å². The van der Waals surface area contributed by atoms with Gasteiger partial charge < -0.3 is 14.8 Å². The molecule has 0 unspecified atom stereocenters. The van der Waals surface area contributed by atoms with Crippen LogP contribution in [-0.4, -0.2) is 32.2 Å². The van der Waals surface area contributed by atoms with Crippen LogP contribution in [0.2, 0.25) is 0 Å². The van der Waals surface area contributed by atoms with E-state index in [1.165, 1.54) is 50.8 Å². The molecular weight excluding hydrogens is 329 g/mol. The highest BCUT2D eigenvalue weighted by Gasteiger charge is 2.16. The van der Waals surface area contributed by atoms with Gasteiger partial charge in [0.15, 0.2) is 0 Å². The highest BCUT2D eigenvalue weighted by Crippen LogP contribution is 2.28. The van der Waals surface area contributed by atoms with Crippen molar-refractivity contribution in [2.75, 3.05) is 19.5 Å². The first-order chi connectivity index (χ1) is 12.0. The van der Waals surface area contributed by atoms with Gasteiger partial charge in [-0.1, -0.05) is 12.1 Å². The lowest BCUT2D eigenvalue weighted by Crippen LogP contribution is -2.32. The van der Waals surface area contributed by atoms with E-state index in [-0.39, 0.29) is 11.5 Å². The van der Waals surface area contributed by atoms with Gasteiger partial charge in [0.1, 0.15) is 17.3 Å². The summed E-state index contributed by atoms with van der Waals surface area (Å²) in [7, 11) is 2.91. The Hall–Kier alpha value is -3.42. The third kappa shape index (κ3) is 5.03. The molecule has 0 aliphatic heterocycles. The molecule has 0 radical (unpaired) electrons. The number of benzene rings is 2. The number of hydrazone groups is 1. The molecule has 0 bridgehead atoms. The molecule has 130 valence electrons. The fourth-order valence-electron chi connectivity index (χ4n) is 1.86. The van der Waals surface area contributed by atoms with Crippen LogP contribution in [0.15, 0.2) is 47.6 Å². The second-order valence-electron chi connectivity index (χ2n) is 4.77. The van der Waals surface area contributed by atoms with Gasteiger partial charge in [-0.05, 0) is 29.8 Å². The number of methoxy groups -OCH3 is 2. The second kappa shape index (κ2) is 8.44. The molecule has 7 nitrogen and oxygen atoms in total. The number of hydrogen-bond donors (Lipinski definition) is 2. The van der Waals surface area contributed by atoms with E-state index in [0.717, 1.165) is 0 Å². The molecule has 0 saturated heterocycles. The highest BCUT2D eigenvalue weighted by atomic mass is 19.1. The SMILES string of the molecule is COc1ccc(OC)c(NC(=O)C(=O)NN=Cc2ccc(F)cc2)c1. The number of amides is 2. The van der Waals surface area contributed by atoms with Crippen molar-refractivity contribution in [3.05, 3.63) is 53.8 Å². The van der Waals surface area contributed by atoms with Crippen LogP contribution in [0.5, 0.6) is 11.5 Å². The number of ether oxygens (including phenoxy) is 2. The fraction of sp³-hybridized carbons (Fsp3) is 0.118. The van der Waals surface area contributed by atoms with E-state index in [9.17, 15) is 14.0 Å². The number of carbonyl (C=O) groups excluding carboxylic acids is 2. The van der Waals surface area contributed by atoms with E-state index < -0.39 is 11.8 Å². The van der Waals surface area contributed by atoms with Crippen LogP contribution >= 0.6 is 0 Å². The summed E-state index contributed by atoms with van der Waals surface area (Å²) in [6, 6.07) is 10.2. The minimum atomic E-state index is -0.969. The first kappa shape index (κ1) is 17.9. The van der Waals surface area contributed by atoms with Crippen LogP contribution in [0.1, 0.15) is 5.56 Å². The summed E-state index contributed by atoms with van der Waals surface area (Å²) in [5.74, 6) is -1.42. The largest absolute Gasteiger partial charge is 0.497 e. The summed E-state index contributed by atoms with van der Waals surface area (Å²) in [5.41, 5.74) is 2.93. The van der Waals surface area contributed by atoms with Gasteiger partial charge in [0.25, 0.3) is 0 Å². The average molecular weight is 345 g/mol. The third-order valence-electron chi connectivity index (χ3n) is 3.11. The molecule has 2 rings (SSSR count). The Morgan fingerprint density at radius 3 is 2.40 bits per heavy atom. The molecule has 0 atom stereocenters. The van der Waals surface area contributed by atoms with Crippen LogP contribution < -0.4 is 20.2 Å². The van der Waals surface area contributed by atoms with Crippen LogP contribution in [0, 0.1) is 5.82 Å². The molecule has 2 amide bonds. The second-order valence-corrected chi connectivity index (χ2v) is 4.77. The Kier molecular flexibility index (Phi) is 6.05. The maximum atomic E-state index is 12.8. The molecule has 2 N–H and O–H groups in total. The fourth-order valence-corrected chi connectivity index (χ4v) is 1.86. The number of carbonyl (C=O) groups is 2. The van der Waals surface area contributed by atoms with Crippen molar-refractivity contribution in [3.63, 3.8) is 0 Å². The number of halogens is 1. The summed E-state index contributed by atoms with van der Waals surface area (Å²) >= 11 is 0. The van der Waals surface area contributed by atoms with Gasteiger partial charge in [0.2, 0.25) is 0 Å². The maximum absolute atomic E-state index is 12.8. The van der Waals surface area contributed by atoms with E-state index in [1.807, 2.05) is 0 Å². The lowest BCUT2D eigenvalue weighted by Gasteiger charge is -2.11. The Labute approximate surface area is 143 Å². The van der Waals surface area contributed by atoms with Crippen molar-refractivity contribution >= 4 is 23.7 Å². The predicted molar refractivity (Wildman–Crippen MR) is 90.3 cm³/mol. The molecule has 25 heavy (non-hydrogen) atoms. The topological polar surface area (TPSA) is 89.0 Å². The van der Waals surface area contributed by atoms with E-state index >= 15 is 0 Å². The zero-order chi connectivity index (χ0) is 18.2. The Bertz CT molecular complexity index is 791. The molecule has 8 heteroatoms. The molecular formula is C17H16FN3O4. The number of nitrogens with zero attached hydrogens (tertiary/aromatic N) is 1. The van der Waals surface area contributed by atoms with Crippen LogP contribution in [0.25, 0.3) is 0 Å². The molecule has 0 aliphatic carbocycles. The molecule has 2 aromatic rings. The van der Waals surface area contributed by atoms with Crippen molar-refractivity contribution in [3.8, 4) is 11.5 Å². The number of hydrogen-bond acceptors (Lipinski definition) is 5. The van der Waals surface area contributed by atoms with Gasteiger partial charge in [-0.15, -0.1) is 0 Å². The van der Waals surface area contributed by atoms with Gasteiger partial charge in [-0.25, -0.2) is 9.82 Å². The van der Waals surface area contributed by atoms with Crippen molar-refractivity contribution in [2.45, 2.75) is 0 Å². The van der Waals surface area contributed by atoms with Crippen molar-refractivity contribution < 1.29 is 23.5 Å². The Morgan fingerprint density at radius 1 is 1.04 bits per heavy atom. The highest BCUT2D eigenvalue weighted by molar-refractivity contribution is 6.39. The minimum absolute atomic E-state index is 0.282. The quantitative estimate of drug-likeness (QED) is 0.492. The Balaban J connectivity index is 1.98. The van der Waals surface area contributed by atoms with Crippen LogP contribution in [-0.2, 0) is 9.59 Å². The molecule has 0 saturated carbocycles. The number of rotatable bonds is 5. The molecule has 0 aliphatic rings. The zero-order valence-electron chi connectivity index (χ0n) is 13.6. The summed E-state index contributed by atoms with van der Waals surface area (Å²) in [5, 5.41) is 6.06. The van der Waals surface area contributed by atoms with E-state index in [0.29, 0.717) is 17.1 Å². The van der Waals surface area contributed by atoms with Gasteiger partial charge in [0, 0.05) is 6.07 Å². The van der Waals surface area contributed by atoms with Crippen molar-refractivity contribution in [1.29, 1.82) is 0 Å². The van der Waals surface area contributed by atoms with E-state index in [2.05, 4.69) is 15.8 Å². The van der Waals surface area contributed by atoms with Gasteiger partial charge in [0.05, 0.1) is 26.1 Å². The first-order valence-electron chi connectivity index (χ1n) is 7.15. The van der Waals surface area contributed by atoms with Crippen LogP contribution in [0.3, 0.4) is 0 Å². The maximum Gasteiger partial charge on any atom is 0.329 e. The van der Waals surface area contributed by atoms with Gasteiger partial charge in [-0.3, -0.25) is 9.59 Å². The summed E-state index contributed by atoms with van der Waals surface area (Å²) in [6.07, 6.45) is 1.29. The summed E-state index contributed by atoms with van der Waals surface area (Å²) in [4.78, 5) is 23.7. The van der Waals surface area contributed by atoms with Crippen molar-refractivity contribution in [2.24, 2.45) is 5.10 Å². The van der Waals surface area contributed by atoms with Gasteiger partial charge >= 0.3 is 11.8 Å². The lowest BCUT2D eigenvalue weighted by molar-refractivity contribution is -0.136. The monoisotopic (exact) mass is 345 g/mol. The van der Waals surface area contributed by atoms with Crippen LogP contribution in [0.4, 0.5) is 10.1 Å². The Morgan fingerprint density at radius 2 is 1.76 bits per heavy atom. The average Bonchev–Trinajstić information content (AvgIpc) is 2.63. The first-order valence-corrected chi connectivity index (χ1v) is 7.15. The number of anilines is 1. The van der Waals surface area contributed by atoms with Gasteiger partial charge in [-0.2, -0.15) is 5.10 Å². The standard InChI is InChI=1S/C17H16FN3O4/c1-24-13-7-8-15(25-2)14(9-13)20-16(22)17(23)21-19-10-11-3-5-12(18)6-4-11/h3-10H,1-2H3,(H,20,22)(H,21,23).